The summed E-state index contributed by atoms with van der Waals surface area (Å²) < 4.78 is 18.4. The van der Waals surface area contributed by atoms with Crippen molar-refractivity contribution in [2.24, 2.45) is 0 Å². The van der Waals surface area contributed by atoms with Crippen LogP contribution in [0.15, 0.2) is 66.7 Å². The van der Waals surface area contributed by atoms with Gasteiger partial charge in [0.2, 0.25) is 5.91 Å². The van der Waals surface area contributed by atoms with Gasteiger partial charge in [0.25, 0.3) is 0 Å². The van der Waals surface area contributed by atoms with Gasteiger partial charge in [-0.1, -0.05) is 36.4 Å². The number of rotatable bonds is 11. The molecule has 0 saturated heterocycles. The largest absolute Gasteiger partial charge is 0.496 e. The molecule has 0 spiro atoms. The van der Waals surface area contributed by atoms with Crippen LogP contribution in [-0.4, -0.2) is 43.3 Å². The minimum absolute atomic E-state index is 0.0280. The first-order chi connectivity index (χ1) is 17.1. The van der Waals surface area contributed by atoms with Crippen LogP contribution in [0.2, 0.25) is 0 Å². The molecule has 1 amide bonds. The average molecular weight is 474 g/mol. The normalized spacial score (nSPS) is 10.8. The number of amides is 1. The van der Waals surface area contributed by atoms with Crippen molar-refractivity contribution >= 4 is 16.9 Å². The maximum absolute atomic E-state index is 12.5. The molecular formula is C28H31N3O4. The number of fused-ring (bicyclic) bond motifs is 1. The number of nitrogens with one attached hydrogen (secondary N) is 1. The number of hydrogen-bond donors (Lipinski definition) is 1. The maximum Gasteiger partial charge on any atom is 0.224 e. The molecule has 0 fully saturated rings. The highest BCUT2D eigenvalue weighted by Gasteiger charge is 2.13. The Morgan fingerprint density at radius 1 is 0.886 bits per heavy atom. The number of carbonyl (C=O) groups excluding carboxylic acids is 1. The number of ether oxygens (including phenoxy) is 3. The summed E-state index contributed by atoms with van der Waals surface area (Å²) in [6, 6.07) is 21.7. The van der Waals surface area contributed by atoms with E-state index in [9.17, 15) is 4.79 Å². The minimum Gasteiger partial charge on any atom is -0.496 e. The van der Waals surface area contributed by atoms with Crippen molar-refractivity contribution < 1.29 is 19.0 Å². The van der Waals surface area contributed by atoms with Gasteiger partial charge in [-0.15, -0.1) is 0 Å². The van der Waals surface area contributed by atoms with E-state index in [2.05, 4.69) is 22.0 Å². The molecule has 4 aromatic rings. The van der Waals surface area contributed by atoms with Crippen molar-refractivity contribution in [3.8, 4) is 17.2 Å². The van der Waals surface area contributed by atoms with Gasteiger partial charge in [0, 0.05) is 18.5 Å². The van der Waals surface area contributed by atoms with Crippen LogP contribution in [0, 0.1) is 0 Å². The fraction of sp³-hybridized carbons (Fsp3) is 0.286. The summed E-state index contributed by atoms with van der Waals surface area (Å²) in [7, 11) is 4.87. The van der Waals surface area contributed by atoms with Crippen molar-refractivity contribution in [2.75, 3.05) is 27.9 Å². The molecule has 0 saturated carbocycles. The number of nitrogens with zero attached hydrogens (tertiary/aromatic N) is 2. The summed E-state index contributed by atoms with van der Waals surface area (Å²) in [6.45, 7) is 1.25. The smallest absolute Gasteiger partial charge is 0.224 e. The Kier molecular flexibility index (Phi) is 7.88. The first-order valence-electron chi connectivity index (χ1n) is 11.7. The number of aromatic nitrogens is 2. The van der Waals surface area contributed by atoms with Gasteiger partial charge in [-0.3, -0.25) is 4.79 Å². The van der Waals surface area contributed by atoms with Crippen molar-refractivity contribution in [1.82, 2.24) is 14.9 Å². The number of methoxy groups -OCH3 is 3. The fourth-order valence-electron chi connectivity index (χ4n) is 4.21. The molecule has 0 bridgehead atoms. The van der Waals surface area contributed by atoms with Crippen molar-refractivity contribution in [2.45, 2.75) is 25.8 Å². The summed E-state index contributed by atoms with van der Waals surface area (Å²) in [5, 5.41) is 3.02. The number of benzene rings is 3. The molecular weight excluding hydrogens is 442 g/mol. The molecule has 4 rings (SSSR count). The predicted octanol–water partition coefficient (Wildman–Crippen LogP) is 4.40. The third-order valence-electron chi connectivity index (χ3n) is 5.97. The van der Waals surface area contributed by atoms with Crippen LogP contribution >= 0.6 is 0 Å². The predicted molar refractivity (Wildman–Crippen MR) is 136 cm³/mol. The number of para-hydroxylation sites is 3. The Bertz CT molecular complexity index is 1300. The quantitative estimate of drug-likeness (QED) is 0.327. The van der Waals surface area contributed by atoms with Crippen molar-refractivity contribution in [3.05, 3.63) is 83.7 Å². The van der Waals surface area contributed by atoms with Crippen molar-refractivity contribution in [3.63, 3.8) is 0 Å². The standard InChI is InChI=1S/C28H31N3O4/c1-33-24-12-7-4-9-21(24)19-31-23-11-6-5-10-22(23)30-27(31)13-8-16-29-28(32)18-20-14-15-25(34-2)26(17-20)35-3/h4-7,9-12,14-15,17H,8,13,16,18-19H2,1-3H3,(H,29,32). The van der Waals surface area contributed by atoms with E-state index in [1.807, 2.05) is 54.6 Å². The second kappa shape index (κ2) is 11.4. The van der Waals surface area contributed by atoms with Crippen molar-refractivity contribution in [1.29, 1.82) is 0 Å². The van der Waals surface area contributed by atoms with Crippen LogP contribution in [0.1, 0.15) is 23.4 Å². The second-order valence-corrected chi connectivity index (χ2v) is 8.23. The molecule has 182 valence electrons. The van der Waals surface area contributed by atoms with Crippen LogP contribution in [0.4, 0.5) is 0 Å². The zero-order valence-electron chi connectivity index (χ0n) is 20.4. The number of hydrogen-bond acceptors (Lipinski definition) is 5. The Hall–Kier alpha value is -4.00. The van der Waals surface area contributed by atoms with E-state index >= 15 is 0 Å². The third-order valence-corrected chi connectivity index (χ3v) is 5.97. The SMILES string of the molecule is COc1ccccc1Cn1c(CCCNC(=O)Cc2ccc(OC)c(OC)c2)nc2ccccc21. The van der Waals surface area contributed by atoms with Gasteiger partial charge in [0.1, 0.15) is 11.6 Å². The lowest BCUT2D eigenvalue weighted by Gasteiger charge is -2.13. The molecule has 7 nitrogen and oxygen atoms in total. The molecule has 0 atom stereocenters. The Morgan fingerprint density at radius 3 is 2.43 bits per heavy atom. The van der Waals surface area contributed by atoms with Crippen LogP contribution in [0.3, 0.4) is 0 Å². The summed E-state index contributed by atoms with van der Waals surface area (Å²) >= 11 is 0. The summed E-state index contributed by atoms with van der Waals surface area (Å²) in [5.41, 5.74) is 4.03. The molecule has 1 aromatic heterocycles. The van der Waals surface area contributed by atoms with E-state index < -0.39 is 0 Å². The van der Waals surface area contributed by atoms with E-state index in [4.69, 9.17) is 19.2 Å². The summed E-state index contributed by atoms with van der Waals surface area (Å²) in [6.07, 6.45) is 1.82. The molecule has 0 unspecified atom stereocenters. The lowest BCUT2D eigenvalue weighted by molar-refractivity contribution is -0.120. The van der Waals surface area contributed by atoms with Crippen LogP contribution < -0.4 is 19.5 Å². The second-order valence-electron chi connectivity index (χ2n) is 8.23. The van der Waals surface area contributed by atoms with E-state index in [1.54, 1.807) is 21.3 Å². The minimum atomic E-state index is -0.0280. The van der Waals surface area contributed by atoms with Crippen LogP contribution in [-0.2, 0) is 24.2 Å². The van der Waals surface area contributed by atoms with Gasteiger partial charge >= 0.3 is 0 Å². The van der Waals surface area contributed by atoms with Gasteiger partial charge < -0.3 is 24.1 Å². The third kappa shape index (κ3) is 5.74. The Labute approximate surface area is 205 Å². The van der Waals surface area contributed by atoms with Gasteiger partial charge in [-0.2, -0.15) is 0 Å². The first-order valence-corrected chi connectivity index (χ1v) is 11.7. The Balaban J connectivity index is 1.39. The Morgan fingerprint density at radius 2 is 1.63 bits per heavy atom. The lowest BCUT2D eigenvalue weighted by Crippen LogP contribution is -2.26. The van der Waals surface area contributed by atoms with E-state index in [0.717, 1.165) is 46.6 Å². The van der Waals surface area contributed by atoms with E-state index in [1.165, 1.54) is 0 Å². The highest BCUT2D eigenvalue weighted by atomic mass is 16.5. The molecule has 0 aliphatic heterocycles. The monoisotopic (exact) mass is 473 g/mol. The molecule has 0 aliphatic rings. The molecule has 1 heterocycles. The van der Waals surface area contributed by atoms with E-state index in [-0.39, 0.29) is 12.3 Å². The van der Waals surface area contributed by atoms with Gasteiger partial charge in [-0.05, 0) is 42.3 Å². The number of aryl methyl sites for hydroxylation is 1. The van der Waals surface area contributed by atoms with Gasteiger partial charge in [-0.25, -0.2) is 4.98 Å². The molecule has 0 aliphatic carbocycles. The number of carbonyl (C=O) groups is 1. The highest BCUT2D eigenvalue weighted by Crippen LogP contribution is 2.28. The van der Waals surface area contributed by atoms with Crippen LogP contribution in [0.5, 0.6) is 17.2 Å². The molecule has 0 radical (unpaired) electrons. The van der Waals surface area contributed by atoms with Gasteiger partial charge in [0.05, 0.1) is 45.3 Å². The molecule has 3 aromatic carbocycles. The van der Waals surface area contributed by atoms with E-state index in [0.29, 0.717) is 24.6 Å². The first kappa shape index (κ1) is 24.1. The number of imidazole rings is 1. The topological polar surface area (TPSA) is 74.6 Å². The maximum atomic E-state index is 12.5. The molecule has 1 N–H and O–H groups in total. The van der Waals surface area contributed by atoms with Crippen LogP contribution in [0.25, 0.3) is 11.0 Å². The molecule has 7 heteroatoms. The zero-order chi connectivity index (χ0) is 24.6. The average Bonchev–Trinajstić information content (AvgIpc) is 3.24. The lowest BCUT2D eigenvalue weighted by atomic mass is 10.1. The van der Waals surface area contributed by atoms with Gasteiger partial charge in [0.15, 0.2) is 11.5 Å². The molecule has 35 heavy (non-hydrogen) atoms. The summed E-state index contributed by atoms with van der Waals surface area (Å²) in [5.74, 6) is 3.09. The summed E-state index contributed by atoms with van der Waals surface area (Å²) in [4.78, 5) is 17.3. The zero-order valence-corrected chi connectivity index (χ0v) is 20.4. The highest BCUT2D eigenvalue weighted by molar-refractivity contribution is 5.79. The fourth-order valence-corrected chi connectivity index (χ4v) is 4.21.